The lowest BCUT2D eigenvalue weighted by Crippen LogP contribution is -2.48. The number of anilines is 2. The smallest absolute Gasteiger partial charge is 0.437 e. The minimum Gasteiger partial charge on any atom is -0.437 e. The van der Waals surface area contributed by atoms with Crippen LogP contribution in [0.5, 0.6) is 0 Å². The van der Waals surface area contributed by atoms with Crippen molar-refractivity contribution in [3.63, 3.8) is 0 Å². The highest BCUT2D eigenvalue weighted by molar-refractivity contribution is 7.48. The lowest BCUT2D eigenvalue weighted by atomic mass is 9.98. The molecule has 20 heteroatoms. The molecule has 43 heavy (non-hydrogen) atoms. The molecule has 1 saturated heterocycles. The van der Waals surface area contributed by atoms with Gasteiger partial charge in [0.1, 0.15) is 24.3 Å². The number of aromatic nitrogens is 4. The molecule has 2 aromatic heterocycles. The molecule has 1 aliphatic heterocycles. The number of ether oxygens (including phenoxy) is 3. The van der Waals surface area contributed by atoms with Gasteiger partial charge in [-0.15, -0.1) is 0 Å². The maximum atomic E-state index is 16.1. The monoisotopic (exact) mass is 638 g/mol. The second-order valence-electron chi connectivity index (χ2n) is 11.6. The number of carbonyl (C=O) groups excluding carboxylic acids is 2. The van der Waals surface area contributed by atoms with Crippen LogP contribution in [0.3, 0.4) is 0 Å². The topological polar surface area (TPSA) is 263 Å². The molecule has 7 N–H and O–H groups in total. The highest BCUT2D eigenvalue weighted by Gasteiger charge is 2.65. The van der Waals surface area contributed by atoms with E-state index in [9.17, 15) is 29.5 Å². The fraction of sp³-hybridized carbons (Fsp3) is 0.696. The zero-order valence-electron chi connectivity index (χ0n) is 24.3. The summed E-state index contributed by atoms with van der Waals surface area (Å²) in [5.41, 5.74) is 6.79. The van der Waals surface area contributed by atoms with Gasteiger partial charge in [-0.25, -0.2) is 23.0 Å². The summed E-state index contributed by atoms with van der Waals surface area (Å²) in [5, 5.41) is 31.8. The molecular weight excluding hydrogens is 602 g/mol. The van der Waals surface area contributed by atoms with Crippen molar-refractivity contribution in [3.8, 4) is 0 Å². The minimum absolute atomic E-state index is 0.0409. The molecule has 242 valence electrons. The molecule has 18 nitrogen and oxygen atoms in total. The number of fused-ring (bicyclic) bond motifs is 1. The summed E-state index contributed by atoms with van der Waals surface area (Å²) in [5.74, 6) is -5.41. The maximum absolute atomic E-state index is 16.1. The second-order valence-corrected chi connectivity index (χ2v) is 13.3. The number of nitrogen functional groups attached to an aromatic ring is 2. The van der Waals surface area contributed by atoms with E-state index in [1.807, 2.05) is 0 Å². The number of rotatable bonds is 11. The molecule has 0 aliphatic carbocycles. The quantitative estimate of drug-likeness (QED) is 0.126. The Hall–Kier alpha value is -3.03. The summed E-state index contributed by atoms with van der Waals surface area (Å²) in [4.78, 5) is 35.8. The van der Waals surface area contributed by atoms with Crippen LogP contribution in [0, 0.1) is 10.8 Å². The number of nitrogens with two attached hydrogens (primary N) is 2. The first kappa shape index (κ1) is 34.5. The molecule has 0 saturated carbocycles. The third-order valence-corrected chi connectivity index (χ3v) is 7.36. The van der Waals surface area contributed by atoms with E-state index in [4.69, 9.17) is 39.2 Å². The van der Waals surface area contributed by atoms with Crippen molar-refractivity contribution in [2.75, 3.05) is 38.3 Å². The minimum atomic E-state index is -4.94. The lowest BCUT2D eigenvalue weighted by Gasteiger charge is -2.32. The number of halogens is 1. The van der Waals surface area contributed by atoms with Crippen LogP contribution in [0.2, 0.25) is 0 Å². The fourth-order valence-corrected chi connectivity index (χ4v) is 4.54. The van der Waals surface area contributed by atoms with E-state index >= 15 is 4.39 Å². The van der Waals surface area contributed by atoms with Gasteiger partial charge in [-0.1, -0.05) is 0 Å². The van der Waals surface area contributed by atoms with E-state index in [1.54, 1.807) is 0 Å². The number of aliphatic hydroxyl groups excluding tert-OH is 3. The van der Waals surface area contributed by atoms with Gasteiger partial charge < -0.3 is 41.0 Å². The van der Waals surface area contributed by atoms with Gasteiger partial charge in [-0.2, -0.15) is 9.97 Å². The average molecular weight is 639 g/mol. The van der Waals surface area contributed by atoms with Crippen molar-refractivity contribution >= 4 is 42.7 Å². The first-order valence-electron chi connectivity index (χ1n) is 12.7. The van der Waals surface area contributed by atoms with Crippen LogP contribution in [-0.4, -0.2) is 91.6 Å². The van der Waals surface area contributed by atoms with E-state index in [1.165, 1.54) is 41.5 Å². The van der Waals surface area contributed by atoms with Gasteiger partial charge in [0.15, 0.2) is 11.5 Å². The average Bonchev–Trinajstić information content (AvgIpc) is 3.40. The number of alkyl halides is 1. The molecule has 1 aliphatic rings. The number of hydrogen-bond acceptors (Lipinski definition) is 17. The van der Waals surface area contributed by atoms with Gasteiger partial charge in [-0.05, 0) is 41.5 Å². The number of carbonyl (C=O) groups is 2. The molecule has 1 fully saturated rings. The summed E-state index contributed by atoms with van der Waals surface area (Å²) in [6.07, 6.45) is -3.67. The highest BCUT2D eigenvalue weighted by atomic mass is 31.2. The van der Waals surface area contributed by atoms with Gasteiger partial charge in [0.2, 0.25) is 25.3 Å². The summed E-state index contributed by atoms with van der Waals surface area (Å²) in [6, 6.07) is 0. The summed E-state index contributed by atoms with van der Waals surface area (Å²) in [6.45, 7) is 4.65. The largest absolute Gasteiger partial charge is 0.480 e. The number of hydrogen-bond donors (Lipinski definition) is 5. The van der Waals surface area contributed by atoms with Crippen LogP contribution in [0.1, 0.15) is 41.5 Å². The number of nitrogens with zero attached hydrogens (tertiary/aromatic N) is 4. The second kappa shape index (κ2) is 12.2. The van der Waals surface area contributed by atoms with Crippen LogP contribution < -0.4 is 11.5 Å². The third kappa shape index (κ3) is 7.21. The van der Waals surface area contributed by atoms with Crippen molar-refractivity contribution in [2.45, 2.75) is 65.3 Å². The molecule has 0 bridgehead atoms. The molecule has 0 spiro atoms. The first-order chi connectivity index (χ1) is 19.7. The summed E-state index contributed by atoms with van der Waals surface area (Å²) >= 11 is 0. The Kier molecular flexibility index (Phi) is 9.75. The van der Waals surface area contributed by atoms with Crippen LogP contribution in [0.15, 0.2) is 6.33 Å². The molecule has 0 radical (unpaired) electrons. The Balaban J connectivity index is 1.85. The maximum Gasteiger partial charge on any atom is 0.480 e. The molecule has 3 rings (SSSR count). The highest BCUT2D eigenvalue weighted by Crippen LogP contribution is 2.52. The van der Waals surface area contributed by atoms with E-state index in [0.717, 1.165) is 10.9 Å². The third-order valence-electron chi connectivity index (χ3n) is 6.07. The van der Waals surface area contributed by atoms with E-state index < -0.39 is 81.2 Å². The number of phosphoric acid groups is 1. The van der Waals surface area contributed by atoms with E-state index in [2.05, 4.69) is 15.0 Å². The van der Waals surface area contributed by atoms with Gasteiger partial charge >= 0.3 is 19.8 Å². The number of imidazole rings is 1. The first-order valence-corrected chi connectivity index (χ1v) is 14.2. The zero-order chi connectivity index (χ0) is 32.6. The van der Waals surface area contributed by atoms with Gasteiger partial charge in [0.25, 0.3) is 5.85 Å². The van der Waals surface area contributed by atoms with Crippen molar-refractivity contribution in [1.82, 2.24) is 19.5 Å². The molecule has 0 aromatic carbocycles. The number of aliphatic hydroxyl groups is 3. The lowest BCUT2D eigenvalue weighted by molar-refractivity contribution is -0.253. The van der Waals surface area contributed by atoms with Gasteiger partial charge in [0.05, 0.1) is 23.8 Å². The Morgan fingerprint density at radius 3 is 2.05 bits per heavy atom. The zero-order valence-corrected chi connectivity index (χ0v) is 25.2. The summed E-state index contributed by atoms with van der Waals surface area (Å²) < 4.78 is 60.5. The van der Waals surface area contributed by atoms with Gasteiger partial charge in [-0.3, -0.25) is 18.7 Å². The molecule has 4 atom stereocenters. The van der Waals surface area contributed by atoms with E-state index in [-0.39, 0.29) is 22.9 Å². The van der Waals surface area contributed by atoms with Crippen LogP contribution in [-0.2, 0) is 47.7 Å². The molecule has 0 amide bonds. The van der Waals surface area contributed by atoms with Crippen molar-refractivity contribution in [3.05, 3.63) is 6.33 Å². The number of esters is 2. The Bertz CT molecular complexity index is 1360. The van der Waals surface area contributed by atoms with E-state index in [0.29, 0.717) is 0 Å². The molecule has 0 unspecified atom stereocenters. The SMILES string of the molecule is CC(C)(C)C(=O)OCOP(=O)(OCOC(=O)C(C)(C)C)OC[C@@]1(F)O[C@@](CO)(n2cnc3c(N)nc(N)nc32)[C@H](O)[C@@H]1O. The Morgan fingerprint density at radius 2 is 1.56 bits per heavy atom. The molecule has 3 heterocycles. The van der Waals surface area contributed by atoms with Crippen LogP contribution in [0.25, 0.3) is 11.2 Å². The van der Waals surface area contributed by atoms with Crippen LogP contribution in [0.4, 0.5) is 16.2 Å². The van der Waals surface area contributed by atoms with Crippen LogP contribution >= 0.6 is 7.82 Å². The Morgan fingerprint density at radius 1 is 1.02 bits per heavy atom. The predicted molar refractivity (Wildman–Crippen MR) is 143 cm³/mol. The predicted octanol–water partition coefficient (Wildman–Crippen LogP) is 0.305. The number of phosphoric ester groups is 1. The fourth-order valence-electron chi connectivity index (χ4n) is 3.62. The van der Waals surface area contributed by atoms with Crippen molar-refractivity contribution < 1.29 is 61.6 Å². The van der Waals surface area contributed by atoms with Crippen molar-refractivity contribution in [1.29, 1.82) is 0 Å². The standard InChI is InChI=1S/C23H36FN6O12P/c1-20(2,3)17(34)37-10-40-43(36,41-11-38-18(35)21(4,5)6)39-8-22(24)13(32)14(33)23(7-31,42-22)30-9-27-12-15(25)28-19(26)29-16(12)30/h9,13-14,31-33H,7-8,10-11H2,1-6H3,(H4,25,26,28,29)/t13-,14+,22+,23+/m0/s1. The summed E-state index contributed by atoms with van der Waals surface area (Å²) in [7, 11) is -4.94. The molecular formula is C23H36FN6O12P. The Labute approximate surface area is 245 Å². The normalized spacial score (nSPS) is 24.8. The van der Waals surface area contributed by atoms with Crippen molar-refractivity contribution in [2.24, 2.45) is 10.8 Å². The van der Waals surface area contributed by atoms with Gasteiger partial charge in [0, 0.05) is 0 Å². The molecule has 2 aromatic rings.